The van der Waals surface area contributed by atoms with Crippen LogP contribution in [0, 0.1) is 11.3 Å². The van der Waals surface area contributed by atoms with Crippen LogP contribution in [0.25, 0.3) is 11.4 Å². The van der Waals surface area contributed by atoms with E-state index in [2.05, 4.69) is 45.6 Å². The lowest BCUT2D eigenvalue weighted by Crippen LogP contribution is -2.38. The number of hydrogen-bond donors (Lipinski definition) is 3. The Hall–Kier alpha value is -3.00. The predicted octanol–water partition coefficient (Wildman–Crippen LogP) is 5.74. The maximum Gasteiger partial charge on any atom is 0.271 e. The summed E-state index contributed by atoms with van der Waals surface area (Å²) in [7, 11) is 0. The number of imidazole rings is 1. The Morgan fingerprint density at radius 2 is 1.95 bits per heavy atom. The highest BCUT2D eigenvalue weighted by Crippen LogP contribution is 2.59. The number of nitrogens with one attached hydrogen (secondary N) is 3. The molecule has 3 heterocycles. The molecule has 0 radical (unpaired) electrons. The van der Waals surface area contributed by atoms with E-state index in [-0.39, 0.29) is 29.2 Å². The smallest absolute Gasteiger partial charge is 0.271 e. The van der Waals surface area contributed by atoms with Crippen molar-refractivity contribution in [3.05, 3.63) is 41.2 Å². The van der Waals surface area contributed by atoms with Gasteiger partial charge in [-0.05, 0) is 88.0 Å². The molecule has 1 saturated heterocycles. The largest absolute Gasteiger partial charge is 0.351 e. The number of piperidine rings is 1. The highest BCUT2D eigenvalue weighted by atomic mass is 16.2. The summed E-state index contributed by atoms with van der Waals surface area (Å²) in [6.45, 7) is 7.91. The Kier molecular flexibility index (Phi) is 10.1. The number of aryl methyl sites for hydroxylation is 1. The third-order valence-electron chi connectivity index (χ3n) is 9.89. The number of amides is 2. The Labute approximate surface area is 250 Å². The molecule has 2 fully saturated rings. The normalized spacial score (nSPS) is 21.0. The summed E-state index contributed by atoms with van der Waals surface area (Å²) >= 11 is 0. The van der Waals surface area contributed by atoms with Gasteiger partial charge in [-0.1, -0.05) is 51.3 Å². The van der Waals surface area contributed by atoms with Crippen molar-refractivity contribution in [3.63, 3.8) is 0 Å². The number of aromatic amines is 1. The van der Waals surface area contributed by atoms with E-state index in [0.29, 0.717) is 48.8 Å². The molecule has 2 aromatic rings. The Bertz CT molecular complexity index is 1250. The Morgan fingerprint density at radius 3 is 2.74 bits per heavy atom. The van der Waals surface area contributed by atoms with E-state index in [1.807, 2.05) is 13.0 Å². The number of carbonyl (C=O) groups excluding carboxylic acids is 3. The molecule has 42 heavy (non-hydrogen) atoms. The molecule has 1 saturated carbocycles. The average molecular weight is 576 g/mol. The summed E-state index contributed by atoms with van der Waals surface area (Å²) in [5, 5.41) is 6.46. The highest BCUT2D eigenvalue weighted by Gasteiger charge is 2.58. The molecule has 1 unspecified atom stereocenters. The van der Waals surface area contributed by atoms with Crippen molar-refractivity contribution < 1.29 is 14.4 Å². The van der Waals surface area contributed by atoms with E-state index in [1.54, 1.807) is 0 Å². The van der Waals surface area contributed by atoms with E-state index in [4.69, 9.17) is 4.98 Å². The topological polar surface area (TPSA) is 107 Å². The molecule has 8 heteroatoms. The number of fused-ring (bicyclic) bond motifs is 5. The summed E-state index contributed by atoms with van der Waals surface area (Å²) in [4.78, 5) is 49.8. The third-order valence-corrected chi connectivity index (χ3v) is 9.89. The van der Waals surface area contributed by atoms with Gasteiger partial charge in [0.1, 0.15) is 11.6 Å². The van der Waals surface area contributed by atoms with Crippen molar-refractivity contribution in [1.82, 2.24) is 25.5 Å². The van der Waals surface area contributed by atoms with E-state index in [9.17, 15) is 14.4 Å². The molecular formula is C34H49N5O3. The number of carbonyl (C=O) groups is 3. The minimum Gasteiger partial charge on any atom is -0.351 e. The number of aromatic nitrogens is 2. The van der Waals surface area contributed by atoms with Crippen LogP contribution in [0.5, 0.6) is 0 Å². The number of rotatable bonds is 11. The molecule has 8 nitrogen and oxygen atoms in total. The number of Topliss-reactive ketones (excluding diaryl/α,β-unsaturated/α-hetero) is 1. The first-order chi connectivity index (χ1) is 20.4. The van der Waals surface area contributed by atoms with Crippen molar-refractivity contribution in [2.24, 2.45) is 11.3 Å². The second kappa shape index (κ2) is 14.0. The molecule has 3 aliphatic rings. The first kappa shape index (κ1) is 30.5. The lowest BCUT2D eigenvalue weighted by atomic mass is 9.90. The Balaban J connectivity index is 1.38. The average Bonchev–Trinajstić information content (AvgIpc) is 3.51. The van der Waals surface area contributed by atoms with Crippen LogP contribution in [0.2, 0.25) is 0 Å². The maximum atomic E-state index is 13.7. The van der Waals surface area contributed by atoms with Crippen molar-refractivity contribution in [2.45, 2.75) is 103 Å². The number of likely N-dealkylation sites (tertiary alicyclic amines) is 1. The minimum absolute atomic E-state index is 0.0374. The molecule has 2 aliphatic heterocycles. The molecule has 5 rings (SSSR count). The highest BCUT2D eigenvalue weighted by molar-refractivity contribution is 5.94. The van der Waals surface area contributed by atoms with Crippen molar-refractivity contribution >= 4 is 17.6 Å². The molecule has 1 aromatic carbocycles. The number of ketones is 1. The second-order valence-corrected chi connectivity index (χ2v) is 12.7. The van der Waals surface area contributed by atoms with Crippen LogP contribution < -0.4 is 10.6 Å². The molecule has 2 atom stereocenters. The van der Waals surface area contributed by atoms with Gasteiger partial charge in [0.2, 0.25) is 5.91 Å². The van der Waals surface area contributed by atoms with Crippen LogP contribution in [0.15, 0.2) is 24.3 Å². The third kappa shape index (κ3) is 7.31. The van der Waals surface area contributed by atoms with Gasteiger partial charge in [-0.15, -0.1) is 0 Å². The zero-order chi connectivity index (χ0) is 29.5. The van der Waals surface area contributed by atoms with Gasteiger partial charge in [0.25, 0.3) is 5.91 Å². The molecule has 1 aromatic heterocycles. The van der Waals surface area contributed by atoms with Gasteiger partial charge in [-0.2, -0.15) is 0 Å². The molecule has 1 spiro atoms. The summed E-state index contributed by atoms with van der Waals surface area (Å²) in [6.07, 6.45) is 11.7. The van der Waals surface area contributed by atoms with Crippen molar-refractivity contribution in [2.75, 3.05) is 26.2 Å². The van der Waals surface area contributed by atoms with Gasteiger partial charge in [-0.3, -0.25) is 14.4 Å². The van der Waals surface area contributed by atoms with Crippen LogP contribution in [-0.2, 0) is 16.0 Å². The fourth-order valence-corrected chi connectivity index (χ4v) is 6.91. The minimum atomic E-state index is -0.342. The fourth-order valence-electron chi connectivity index (χ4n) is 6.91. The molecular weight excluding hydrogens is 526 g/mol. The first-order valence-corrected chi connectivity index (χ1v) is 16.4. The summed E-state index contributed by atoms with van der Waals surface area (Å²) in [6, 6.07) is 8.06. The van der Waals surface area contributed by atoms with Gasteiger partial charge in [0.15, 0.2) is 5.69 Å². The monoisotopic (exact) mass is 575 g/mol. The number of benzene rings is 1. The number of unbranched alkanes of at least 4 members (excludes halogenated alkanes) is 2. The van der Waals surface area contributed by atoms with Crippen molar-refractivity contribution in [1.29, 1.82) is 0 Å². The molecule has 4 bridgehead atoms. The van der Waals surface area contributed by atoms with Gasteiger partial charge < -0.3 is 20.5 Å². The van der Waals surface area contributed by atoms with E-state index in [1.165, 1.54) is 5.56 Å². The van der Waals surface area contributed by atoms with E-state index in [0.717, 1.165) is 89.4 Å². The lowest BCUT2D eigenvalue weighted by molar-refractivity contribution is -0.124. The van der Waals surface area contributed by atoms with Crippen LogP contribution in [0.4, 0.5) is 0 Å². The van der Waals surface area contributed by atoms with Crippen LogP contribution in [-0.4, -0.2) is 58.6 Å². The zero-order valence-electron chi connectivity index (χ0n) is 25.6. The van der Waals surface area contributed by atoms with Crippen molar-refractivity contribution in [3.8, 4) is 11.4 Å². The quantitative estimate of drug-likeness (QED) is 0.296. The predicted molar refractivity (Wildman–Crippen MR) is 165 cm³/mol. The zero-order valence-corrected chi connectivity index (χ0v) is 25.6. The standard InChI is InChI=1S/C34H49N5O3/c1-3-26(40)15-8-5-9-16-28(36-32(41)27-23-34(27)17-20-39(4-2)21-18-34)29-30-33(42)35-19-10-6-7-12-24-13-11-14-25(22-24)31(37-29)38-30/h11,13-14,22,27-28H,3-10,12,15-21,23H2,1-2H3,(H,35,42)(H,36,41)(H,37,38)/t27-,28?/m1/s1. The van der Waals surface area contributed by atoms with Gasteiger partial charge in [-0.25, -0.2) is 4.98 Å². The molecule has 3 N–H and O–H groups in total. The van der Waals surface area contributed by atoms with E-state index < -0.39 is 0 Å². The van der Waals surface area contributed by atoms with E-state index >= 15 is 0 Å². The van der Waals surface area contributed by atoms with Gasteiger partial charge in [0.05, 0.1) is 11.7 Å². The summed E-state index contributed by atoms with van der Waals surface area (Å²) < 4.78 is 0. The van der Waals surface area contributed by atoms with Crippen LogP contribution in [0.3, 0.4) is 0 Å². The number of hydrogen-bond acceptors (Lipinski definition) is 5. The summed E-state index contributed by atoms with van der Waals surface area (Å²) in [5.41, 5.74) is 3.43. The first-order valence-electron chi connectivity index (χ1n) is 16.4. The maximum absolute atomic E-state index is 13.7. The SMILES string of the molecule is CCC(=O)CCCCCC(NC(=O)[C@H]1CC12CCN(CC)CC2)c1[nH]c2nc1C(=O)NCCCCCc1cccc-2c1. The Morgan fingerprint density at radius 1 is 1.12 bits per heavy atom. The fraction of sp³-hybridized carbons (Fsp3) is 0.647. The molecule has 2 amide bonds. The van der Waals surface area contributed by atoms with Gasteiger partial charge in [0, 0.05) is 30.9 Å². The lowest BCUT2D eigenvalue weighted by Gasteiger charge is -2.32. The van der Waals surface area contributed by atoms with Crippen LogP contribution >= 0.6 is 0 Å². The second-order valence-electron chi connectivity index (χ2n) is 12.7. The molecule has 228 valence electrons. The van der Waals surface area contributed by atoms with Gasteiger partial charge >= 0.3 is 0 Å². The summed E-state index contributed by atoms with van der Waals surface area (Å²) in [5.74, 6) is 0.908. The molecule has 1 aliphatic carbocycles. The number of H-pyrrole nitrogens is 1. The van der Waals surface area contributed by atoms with Crippen LogP contribution in [0.1, 0.15) is 119 Å². The number of nitrogens with zero attached hydrogens (tertiary/aromatic N) is 2.